The van der Waals surface area contributed by atoms with Gasteiger partial charge in [-0.1, -0.05) is 42.0 Å². The number of alkyl halides is 1. The lowest BCUT2D eigenvalue weighted by molar-refractivity contribution is -0.137. The molecule has 4 aliphatic rings. The van der Waals surface area contributed by atoms with Crippen molar-refractivity contribution in [2.75, 3.05) is 57.9 Å². The maximum atomic E-state index is 13.8. The van der Waals surface area contributed by atoms with Crippen molar-refractivity contribution < 1.29 is 18.4 Å². The van der Waals surface area contributed by atoms with Gasteiger partial charge in [-0.2, -0.15) is 0 Å². The van der Waals surface area contributed by atoms with Crippen LogP contribution in [0.3, 0.4) is 0 Å². The zero-order chi connectivity index (χ0) is 32.1. The van der Waals surface area contributed by atoms with Crippen molar-refractivity contribution in [3.8, 4) is 0 Å². The van der Waals surface area contributed by atoms with E-state index < -0.39 is 12.1 Å². The number of likely N-dealkylation sites (tertiary alicyclic amines) is 1. The Kier molecular flexibility index (Phi) is 7.87. The first-order valence-corrected chi connectivity index (χ1v) is 16.2. The summed E-state index contributed by atoms with van der Waals surface area (Å²) >= 11 is 0. The molecule has 1 atom stereocenters. The zero-order valence-electron chi connectivity index (χ0n) is 26.4. The molecule has 2 amide bonds. The van der Waals surface area contributed by atoms with Gasteiger partial charge in [0.1, 0.15) is 18.2 Å². The molecule has 2 aliphatic carbocycles. The van der Waals surface area contributed by atoms with Crippen LogP contribution in [-0.4, -0.2) is 84.6 Å². The highest BCUT2D eigenvalue weighted by Crippen LogP contribution is 2.54. The Labute approximate surface area is 268 Å². The van der Waals surface area contributed by atoms with Crippen LogP contribution >= 0.6 is 0 Å². The molecule has 2 saturated carbocycles. The van der Waals surface area contributed by atoms with Crippen LogP contribution in [0, 0.1) is 16.6 Å². The van der Waals surface area contributed by atoms with Crippen LogP contribution in [0.4, 0.5) is 14.7 Å². The van der Waals surface area contributed by atoms with E-state index in [0.717, 1.165) is 42.6 Å². The van der Waals surface area contributed by atoms with Gasteiger partial charge in [-0.15, -0.1) is 0 Å². The summed E-state index contributed by atoms with van der Waals surface area (Å²) in [5, 5.41) is 3.06. The first kappa shape index (κ1) is 30.5. The van der Waals surface area contributed by atoms with Gasteiger partial charge in [-0.25, -0.2) is 18.7 Å². The molecule has 1 aromatic heterocycles. The normalized spacial score (nSPS) is 20.5. The predicted octanol–water partition coefficient (Wildman–Crippen LogP) is 5.03. The minimum atomic E-state index is -0.789. The number of aromatic nitrogens is 2. The summed E-state index contributed by atoms with van der Waals surface area (Å²) in [5.74, 6) is -0.194. The largest absolute Gasteiger partial charge is 0.344 e. The number of anilines is 1. The van der Waals surface area contributed by atoms with Crippen molar-refractivity contribution in [3.63, 3.8) is 0 Å². The van der Waals surface area contributed by atoms with Crippen LogP contribution in [0.5, 0.6) is 0 Å². The Morgan fingerprint density at radius 2 is 1.57 bits per heavy atom. The molecule has 3 aromatic rings. The van der Waals surface area contributed by atoms with Crippen molar-refractivity contribution in [2.45, 2.75) is 38.6 Å². The molecule has 2 saturated heterocycles. The Bertz CT molecular complexity index is 1650. The summed E-state index contributed by atoms with van der Waals surface area (Å²) in [6.07, 6.45) is 4.95. The molecule has 240 valence electrons. The number of carbonyl (C=O) groups is 2. The quantitative estimate of drug-likeness (QED) is 0.378. The van der Waals surface area contributed by atoms with Crippen LogP contribution in [0.2, 0.25) is 0 Å². The summed E-state index contributed by atoms with van der Waals surface area (Å²) in [6, 6.07) is 16.3. The van der Waals surface area contributed by atoms with Crippen LogP contribution in [0.25, 0.3) is 5.57 Å². The summed E-state index contributed by atoms with van der Waals surface area (Å²) < 4.78 is 27.2. The molecule has 2 aromatic carbocycles. The van der Waals surface area contributed by atoms with E-state index in [1.54, 1.807) is 17.2 Å². The molecule has 7 rings (SSSR count). The predicted molar refractivity (Wildman–Crippen MR) is 172 cm³/mol. The Hall–Kier alpha value is -4.18. The van der Waals surface area contributed by atoms with Crippen molar-refractivity contribution in [1.29, 1.82) is 0 Å². The summed E-state index contributed by atoms with van der Waals surface area (Å²) in [5.41, 5.74) is 5.52. The number of carbonyl (C=O) groups excluding carboxylic acids is 2. The maximum Gasteiger partial charge on any atom is 0.270 e. The van der Waals surface area contributed by atoms with Gasteiger partial charge >= 0.3 is 0 Å². The molecule has 8 nitrogen and oxygen atoms in total. The number of hydrogen-bond acceptors (Lipinski definition) is 6. The lowest BCUT2D eigenvalue weighted by atomic mass is 9.59. The van der Waals surface area contributed by atoms with Crippen molar-refractivity contribution >= 4 is 23.3 Å². The molecule has 3 heterocycles. The number of hydrogen-bond donors (Lipinski definition) is 1. The number of benzene rings is 2. The highest BCUT2D eigenvalue weighted by molar-refractivity contribution is 5.92. The lowest BCUT2D eigenvalue weighted by Crippen LogP contribution is -2.58. The maximum absolute atomic E-state index is 13.8. The fraction of sp³-hybridized carbons (Fsp3) is 0.444. The standard InChI is InChI=1S/C36H40F2N6O2/c1-24(40-32(45)30-11-14-39-34(41-30)44-17-15-43(16-18-44)33(46)36(21-37)12-13-36)25-3-5-26(6-4-25)31(27-7-9-29(38)10-8-27)28-19-35(20-28)22-42(2)23-35/h3-11,14,24H,12-13,15-23H2,1-2H3,(H,40,45)/t24-/m1/s1. The number of rotatable bonds is 8. The second kappa shape index (κ2) is 11.9. The first-order valence-electron chi connectivity index (χ1n) is 16.2. The van der Waals surface area contributed by atoms with Gasteiger partial charge in [0.05, 0.1) is 11.5 Å². The Balaban J connectivity index is 1.00. The third-order valence-corrected chi connectivity index (χ3v) is 10.2. The minimum absolute atomic E-state index is 0.0906. The van der Waals surface area contributed by atoms with Crippen LogP contribution in [-0.2, 0) is 4.79 Å². The van der Waals surface area contributed by atoms with Gasteiger partial charge in [-0.3, -0.25) is 9.59 Å². The van der Waals surface area contributed by atoms with E-state index in [2.05, 4.69) is 39.4 Å². The number of amides is 2. The van der Waals surface area contributed by atoms with E-state index in [1.807, 2.05) is 36.1 Å². The number of nitrogens with one attached hydrogen (secondary N) is 1. The van der Waals surface area contributed by atoms with Gasteiger partial charge in [0.2, 0.25) is 11.9 Å². The Morgan fingerprint density at radius 1 is 0.935 bits per heavy atom. The van der Waals surface area contributed by atoms with Crippen LogP contribution in [0.1, 0.15) is 65.8 Å². The van der Waals surface area contributed by atoms with Crippen LogP contribution < -0.4 is 10.2 Å². The van der Waals surface area contributed by atoms with E-state index >= 15 is 0 Å². The molecule has 0 bridgehead atoms. The third-order valence-electron chi connectivity index (χ3n) is 10.2. The SMILES string of the molecule is C[C@@H](NC(=O)c1ccnc(N2CCN(C(=O)C3(CF)CC3)CC2)n1)c1ccc(C(=C2CC3(C2)CN(C)C3)c2ccc(F)cc2)cc1. The molecule has 1 spiro atoms. The van der Waals surface area contributed by atoms with Crippen molar-refractivity contribution in [2.24, 2.45) is 10.8 Å². The molecule has 0 unspecified atom stereocenters. The van der Waals surface area contributed by atoms with Crippen LogP contribution in [0.15, 0.2) is 66.4 Å². The van der Waals surface area contributed by atoms with Gasteiger partial charge in [0, 0.05) is 50.9 Å². The summed E-state index contributed by atoms with van der Waals surface area (Å²) in [4.78, 5) is 40.9. The average molecular weight is 627 g/mol. The van der Waals surface area contributed by atoms with E-state index in [1.165, 1.54) is 23.3 Å². The number of nitrogens with zero attached hydrogens (tertiary/aromatic N) is 5. The third kappa shape index (κ3) is 5.79. The molecular formula is C36H40F2N6O2. The summed E-state index contributed by atoms with van der Waals surface area (Å²) in [7, 11) is 2.16. The van der Waals surface area contributed by atoms with E-state index in [9.17, 15) is 18.4 Å². The lowest BCUT2D eigenvalue weighted by Gasteiger charge is -2.56. The van der Waals surface area contributed by atoms with E-state index in [4.69, 9.17) is 0 Å². The molecule has 46 heavy (non-hydrogen) atoms. The fourth-order valence-electron chi connectivity index (χ4n) is 7.46. The van der Waals surface area contributed by atoms with Gasteiger partial charge in [0.25, 0.3) is 5.91 Å². The number of piperazine rings is 1. The molecular weight excluding hydrogens is 586 g/mol. The van der Waals surface area contributed by atoms with Crippen molar-refractivity contribution in [1.82, 2.24) is 25.1 Å². The molecule has 1 N–H and O–H groups in total. The molecule has 10 heteroatoms. The second-order valence-electron chi connectivity index (χ2n) is 13.8. The number of allylic oxidation sites excluding steroid dienone is 1. The molecule has 2 aliphatic heterocycles. The van der Waals surface area contributed by atoms with E-state index in [-0.39, 0.29) is 29.4 Å². The topological polar surface area (TPSA) is 81.7 Å². The highest BCUT2D eigenvalue weighted by atomic mass is 19.1. The monoisotopic (exact) mass is 626 g/mol. The summed E-state index contributed by atoms with van der Waals surface area (Å²) in [6.45, 7) is 5.59. The smallest absolute Gasteiger partial charge is 0.270 e. The molecule has 0 radical (unpaired) electrons. The Morgan fingerprint density at radius 3 is 2.15 bits per heavy atom. The highest BCUT2D eigenvalue weighted by Gasteiger charge is 2.52. The average Bonchev–Trinajstić information content (AvgIpc) is 3.85. The minimum Gasteiger partial charge on any atom is -0.344 e. The van der Waals surface area contributed by atoms with Gasteiger partial charge in [0.15, 0.2) is 0 Å². The molecule has 4 fully saturated rings. The zero-order valence-corrected chi connectivity index (χ0v) is 26.4. The van der Waals surface area contributed by atoms with Crippen molar-refractivity contribution in [3.05, 3.63) is 94.6 Å². The second-order valence-corrected chi connectivity index (χ2v) is 13.8. The first-order chi connectivity index (χ1) is 22.2. The fourth-order valence-corrected chi connectivity index (χ4v) is 7.46. The van der Waals surface area contributed by atoms with Gasteiger partial charge in [-0.05, 0) is 80.1 Å². The number of halogens is 2. The van der Waals surface area contributed by atoms with E-state index in [0.29, 0.717) is 50.4 Å². The van der Waals surface area contributed by atoms with Gasteiger partial charge < -0.3 is 20.0 Å².